The van der Waals surface area contributed by atoms with Crippen LogP contribution in [0.25, 0.3) is 0 Å². The van der Waals surface area contributed by atoms with Crippen LogP contribution in [0, 0.1) is 0 Å². The summed E-state index contributed by atoms with van der Waals surface area (Å²) in [7, 11) is 2.64. The van der Waals surface area contributed by atoms with Crippen molar-refractivity contribution in [3.05, 3.63) is 45.0 Å². The van der Waals surface area contributed by atoms with Crippen molar-refractivity contribution in [2.24, 2.45) is 9.98 Å². The molecule has 0 amide bonds. The van der Waals surface area contributed by atoms with Crippen molar-refractivity contribution < 1.29 is 17.6 Å². The normalized spacial score (nSPS) is 24.6. The second-order valence-electron chi connectivity index (χ2n) is 5.34. The SMILES string of the molecule is C/C=C(Cl)\C(F)=C(\C(=NC)NC(=NC)C1=CC(F)C(F)C(F)=C1Cl)C(C)Cl. The van der Waals surface area contributed by atoms with E-state index in [0.29, 0.717) is 0 Å². The predicted molar refractivity (Wildman–Crippen MR) is 105 cm³/mol. The number of nitrogens with one attached hydrogen (secondary N) is 1. The number of halogens is 7. The first-order valence-electron chi connectivity index (χ1n) is 7.73. The molecule has 3 unspecified atom stereocenters. The van der Waals surface area contributed by atoms with E-state index in [1.807, 2.05) is 0 Å². The molecule has 0 aliphatic heterocycles. The molecule has 0 radical (unpaired) electrons. The van der Waals surface area contributed by atoms with Gasteiger partial charge in [0.2, 0.25) is 0 Å². The molecule has 1 N–H and O–H groups in total. The van der Waals surface area contributed by atoms with Gasteiger partial charge in [0.1, 0.15) is 17.5 Å². The number of aliphatic imine (C=N–C) groups is 2. The Balaban J connectivity index is 3.39. The van der Waals surface area contributed by atoms with Crippen molar-refractivity contribution in [1.82, 2.24) is 5.32 Å². The topological polar surface area (TPSA) is 36.8 Å². The van der Waals surface area contributed by atoms with Crippen LogP contribution in [0.4, 0.5) is 17.6 Å². The molecule has 10 heteroatoms. The van der Waals surface area contributed by atoms with Gasteiger partial charge in [-0.3, -0.25) is 9.98 Å². The van der Waals surface area contributed by atoms with Crippen LogP contribution in [0.5, 0.6) is 0 Å². The molecule has 0 spiro atoms. The molecule has 3 atom stereocenters. The summed E-state index contributed by atoms with van der Waals surface area (Å²) in [6.07, 6.45) is -2.64. The molecule has 0 heterocycles. The average molecular weight is 447 g/mol. The van der Waals surface area contributed by atoms with E-state index in [2.05, 4.69) is 15.3 Å². The maximum atomic E-state index is 14.6. The summed E-state index contributed by atoms with van der Waals surface area (Å²) in [6.45, 7) is 3.02. The van der Waals surface area contributed by atoms with Crippen molar-refractivity contribution in [1.29, 1.82) is 0 Å². The summed E-state index contributed by atoms with van der Waals surface area (Å²) in [4.78, 5) is 7.77. The molecule has 0 aromatic heterocycles. The fourth-order valence-corrected chi connectivity index (χ4v) is 2.77. The lowest BCUT2D eigenvalue weighted by molar-refractivity contribution is 0.205. The van der Waals surface area contributed by atoms with E-state index in [0.717, 1.165) is 6.08 Å². The fraction of sp³-hybridized carbons (Fsp3) is 0.412. The molecule has 1 rings (SSSR count). The molecule has 0 aromatic carbocycles. The van der Waals surface area contributed by atoms with E-state index in [4.69, 9.17) is 34.8 Å². The Hall–Kier alpha value is -1.31. The van der Waals surface area contributed by atoms with Crippen molar-refractivity contribution in [3.8, 4) is 0 Å². The maximum absolute atomic E-state index is 14.6. The number of hydrogen-bond acceptors (Lipinski definition) is 2. The molecule has 0 saturated carbocycles. The van der Waals surface area contributed by atoms with E-state index in [1.54, 1.807) is 0 Å². The molecule has 3 nitrogen and oxygen atoms in total. The molecular formula is C17H18Cl3F4N3. The van der Waals surface area contributed by atoms with Crippen LogP contribution >= 0.6 is 34.8 Å². The highest BCUT2D eigenvalue weighted by molar-refractivity contribution is 6.37. The Labute approximate surface area is 170 Å². The van der Waals surface area contributed by atoms with Crippen molar-refractivity contribution in [2.75, 3.05) is 14.1 Å². The van der Waals surface area contributed by atoms with Gasteiger partial charge in [-0.2, -0.15) is 0 Å². The Morgan fingerprint density at radius 2 is 1.89 bits per heavy atom. The third-order valence-corrected chi connectivity index (χ3v) is 4.57. The van der Waals surface area contributed by atoms with Gasteiger partial charge in [0.25, 0.3) is 0 Å². The zero-order valence-corrected chi connectivity index (χ0v) is 17.2. The van der Waals surface area contributed by atoms with Gasteiger partial charge in [-0.15, -0.1) is 11.6 Å². The quantitative estimate of drug-likeness (QED) is 0.195. The molecule has 0 bridgehead atoms. The van der Waals surface area contributed by atoms with Crippen LogP contribution in [-0.2, 0) is 0 Å². The Bertz CT molecular complexity index is 767. The zero-order valence-electron chi connectivity index (χ0n) is 14.9. The summed E-state index contributed by atoms with van der Waals surface area (Å²) in [5.41, 5.74) is -0.320. The third kappa shape index (κ3) is 5.36. The lowest BCUT2D eigenvalue weighted by Crippen LogP contribution is -2.37. The highest BCUT2D eigenvalue weighted by atomic mass is 35.5. The summed E-state index contributed by atoms with van der Waals surface area (Å²) < 4.78 is 55.6. The molecule has 1 aliphatic rings. The Morgan fingerprint density at radius 3 is 2.33 bits per heavy atom. The summed E-state index contributed by atoms with van der Waals surface area (Å²) in [5, 5.41) is 0.938. The van der Waals surface area contributed by atoms with Gasteiger partial charge in [0.15, 0.2) is 18.2 Å². The van der Waals surface area contributed by atoms with E-state index >= 15 is 0 Å². The molecule has 0 aromatic rings. The fourth-order valence-electron chi connectivity index (χ4n) is 2.21. The second kappa shape index (κ2) is 10.3. The molecule has 150 valence electrons. The zero-order chi connectivity index (χ0) is 20.9. The molecule has 27 heavy (non-hydrogen) atoms. The van der Waals surface area contributed by atoms with Crippen molar-refractivity contribution >= 4 is 46.5 Å². The number of rotatable bonds is 4. The van der Waals surface area contributed by atoms with Crippen LogP contribution in [0.2, 0.25) is 0 Å². The number of alkyl halides is 3. The van der Waals surface area contributed by atoms with Gasteiger partial charge >= 0.3 is 0 Å². The minimum absolute atomic E-state index is 0.0841. The number of hydrogen-bond donors (Lipinski definition) is 1. The van der Waals surface area contributed by atoms with Crippen LogP contribution in [-0.4, -0.2) is 43.5 Å². The monoisotopic (exact) mass is 445 g/mol. The summed E-state index contributed by atoms with van der Waals surface area (Å²) >= 11 is 17.7. The van der Waals surface area contributed by atoms with E-state index < -0.39 is 34.4 Å². The van der Waals surface area contributed by atoms with Crippen molar-refractivity contribution in [3.63, 3.8) is 0 Å². The first-order chi connectivity index (χ1) is 12.6. The van der Waals surface area contributed by atoms with Gasteiger partial charge in [0.05, 0.1) is 15.4 Å². The van der Waals surface area contributed by atoms with Gasteiger partial charge in [-0.1, -0.05) is 29.3 Å². The summed E-state index contributed by atoms with van der Waals surface area (Å²) in [6, 6.07) is 0. The predicted octanol–water partition coefficient (Wildman–Crippen LogP) is 5.66. The summed E-state index contributed by atoms with van der Waals surface area (Å²) in [5.74, 6) is -2.52. The average Bonchev–Trinajstić information content (AvgIpc) is 2.65. The molecule has 0 fully saturated rings. The van der Waals surface area contributed by atoms with Gasteiger partial charge in [-0.25, -0.2) is 17.6 Å². The smallest absolute Gasteiger partial charge is 0.187 e. The number of amidine groups is 2. The standard InChI is InChI=1S/C17H18Cl3F4N3/c1-5-9(19)13(22)11(7(2)18)17(26-4)27-16(25-3)8-6-10(21)14(23)15(24)12(8)20/h5-7,10,14H,1-4H3,(H,25,26,27)/b9-5+,13-11-. The van der Waals surface area contributed by atoms with E-state index in [-0.39, 0.29) is 27.8 Å². The lowest BCUT2D eigenvalue weighted by Gasteiger charge is -2.22. The van der Waals surface area contributed by atoms with Gasteiger partial charge in [-0.05, 0) is 19.9 Å². The maximum Gasteiger partial charge on any atom is 0.187 e. The van der Waals surface area contributed by atoms with Crippen LogP contribution in [0.3, 0.4) is 0 Å². The van der Waals surface area contributed by atoms with Crippen molar-refractivity contribution in [2.45, 2.75) is 31.6 Å². The van der Waals surface area contributed by atoms with Gasteiger partial charge < -0.3 is 5.32 Å². The van der Waals surface area contributed by atoms with Crippen LogP contribution in [0.1, 0.15) is 13.8 Å². The van der Waals surface area contributed by atoms with E-state index in [1.165, 1.54) is 34.0 Å². The number of nitrogens with zero attached hydrogens (tertiary/aromatic N) is 2. The third-order valence-electron chi connectivity index (χ3n) is 3.59. The number of allylic oxidation sites excluding steroid dienone is 5. The molecular weight excluding hydrogens is 429 g/mol. The first kappa shape index (κ1) is 23.7. The molecule has 0 saturated heterocycles. The first-order valence-corrected chi connectivity index (χ1v) is 8.92. The van der Waals surface area contributed by atoms with Crippen LogP contribution < -0.4 is 5.32 Å². The highest BCUT2D eigenvalue weighted by Crippen LogP contribution is 2.33. The van der Waals surface area contributed by atoms with Gasteiger partial charge in [0, 0.05) is 25.2 Å². The van der Waals surface area contributed by atoms with E-state index in [9.17, 15) is 17.6 Å². The highest BCUT2D eigenvalue weighted by Gasteiger charge is 2.34. The lowest BCUT2D eigenvalue weighted by atomic mass is 10.0. The molecule has 1 aliphatic carbocycles. The van der Waals surface area contributed by atoms with Crippen LogP contribution in [0.15, 0.2) is 55.0 Å². The Kier molecular flexibility index (Phi) is 9.05. The minimum atomic E-state index is -2.50. The minimum Gasteiger partial charge on any atom is -0.325 e. The largest absolute Gasteiger partial charge is 0.325 e. The Morgan fingerprint density at radius 1 is 1.30 bits per heavy atom. The second-order valence-corrected chi connectivity index (χ2v) is 6.78.